The highest BCUT2D eigenvalue weighted by Gasteiger charge is 2.10. The number of nitrogen functional groups attached to an aromatic ring is 1. The molecule has 6 heteroatoms. The third kappa shape index (κ3) is 2.27. The van der Waals surface area contributed by atoms with Gasteiger partial charge in [-0.3, -0.25) is 4.68 Å². The van der Waals surface area contributed by atoms with E-state index in [-0.39, 0.29) is 0 Å². The largest absolute Gasteiger partial charge is 0.383 e. The average Bonchev–Trinajstić information content (AvgIpc) is 3.05. The first-order valence-corrected chi connectivity index (χ1v) is 7.64. The van der Waals surface area contributed by atoms with E-state index in [1.165, 1.54) is 5.69 Å². The Balaban J connectivity index is 1.98. The molecule has 3 aromatic rings. The molecular formula is C14H17N5S. The number of thiophene rings is 1. The third-order valence-electron chi connectivity index (χ3n) is 3.33. The molecule has 0 saturated carbocycles. The summed E-state index contributed by atoms with van der Waals surface area (Å²) >= 11 is 1.59. The molecular weight excluding hydrogens is 270 g/mol. The molecule has 0 aliphatic carbocycles. The van der Waals surface area contributed by atoms with E-state index in [9.17, 15) is 0 Å². The summed E-state index contributed by atoms with van der Waals surface area (Å²) in [6.45, 7) is 4.81. The first kappa shape index (κ1) is 13.1. The van der Waals surface area contributed by atoms with Crippen molar-refractivity contribution in [1.29, 1.82) is 0 Å². The molecule has 0 bridgehead atoms. The number of hydrogen-bond acceptors (Lipinski definition) is 5. The normalized spacial score (nSPS) is 11.3. The Bertz CT molecular complexity index is 743. The van der Waals surface area contributed by atoms with Crippen LogP contribution >= 0.6 is 11.3 Å². The minimum Gasteiger partial charge on any atom is -0.383 e. The lowest BCUT2D eigenvalue weighted by atomic mass is 10.2. The molecule has 0 radical (unpaired) electrons. The van der Waals surface area contributed by atoms with Crippen molar-refractivity contribution < 1.29 is 0 Å². The highest BCUT2D eigenvalue weighted by Crippen LogP contribution is 2.23. The Morgan fingerprint density at radius 1 is 1.25 bits per heavy atom. The predicted octanol–water partition coefficient (Wildman–Crippen LogP) is 2.64. The summed E-state index contributed by atoms with van der Waals surface area (Å²) in [5.41, 5.74) is 8.29. The Kier molecular flexibility index (Phi) is 3.40. The van der Waals surface area contributed by atoms with Gasteiger partial charge in [0.1, 0.15) is 17.2 Å². The standard InChI is InChI=1S/C14H17N5S/c1-3-9-7-10(4-2)19(18-9)8-12-16-13(15)11-5-6-20-14(11)17-12/h5-7H,3-4,8H2,1-2H3,(H2,15,16,17). The lowest BCUT2D eigenvalue weighted by molar-refractivity contribution is 0.619. The third-order valence-corrected chi connectivity index (χ3v) is 4.14. The van der Waals surface area contributed by atoms with Gasteiger partial charge < -0.3 is 5.73 Å². The van der Waals surface area contributed by atoms with Gasteiger partial charge in [0.25, 0.3) is 0 Å². The molecule has 0 aliphatic heterocycles. The molecule has 5 nitrogen and oxygen atoms in total. The van der Waals surface area contributed by atoms with Crippen molar-refractivity contribution in [2.24, 2.45) is 0 Å². The maximum absolute atomic E-state index is 5.98. The maximum Gasteiger partial charge on any atom is 0.153 e. The van der Waals surface area contributed by atoms with E-state index in [4.69, 9.17) is 5.73 Å². The summed E-state index contributed by atoms with van der Waals surface area (Å²) in [4.78, 5) is 9.90. The molecule has 0 aliphatic rings. The quantitative estimate of drug-likeness (QED) is 0.801. The smallest absolute Gasteiger partial charge is 0.153 e. The van der Waals surface area contributed by atoms with Gasteiger partial charge in [0, 0.05) is 5.69 Å². The zero-order chi connectivity index (χ0) is 14.1. The fourth-order valence-corrected chi connectivity index (χ4v) is 3.03. The highest BCUT2D eigenvalue weighted by atomic mass is 32.1. The lowest BCUT2D eigenvalue weighted by Crippen LogP contribution is -2.10. The summed E-state index contributed by atoms with van der Waals surface area (Å²) in [6.07, 6.45) is 1.89. The van der Waals surface area contributed by atoms with Crippen molar-refractivity contribution in [2.45, 2.75) is 33.2 Å². The van der Waals surface area contributed by atoms with E-state index in [0.717, 1.165) is 34.6 Å². The van der Waals surface area contributed by atoms with Gasteiger partial charge in [0.2, 0.25) is 0 Å². The van der Waals surface area contributed by atoms with Crippen molar-refractivity contribution in [3.63, 3.8) is 0 Å². The molecule has 20 heavy (non-hydrogen) atoms. The van der Waals surface area contributed by atoms with Crippen LogP contribution < -0.4 is 5.73 Å². The number of nitrogens with two attached hydrogens (primary N) is 1. The topological polar surface area (TPSA) is 69.6 Å². The molecule has 3 aromatic heterocycles. The maximum atomic E-state index is 5.98. The van der Waals surface area contributed by atoms with Crippen LogP contribution in [0.15, 0.2) is 17.5 Å². The van der Waals surface area contributed by atoms with Crippen LogP contribution in [-0.2, 0) is 19.4 Å². The van der Waals surface area contributed by atoms with Crippen LogP contribution in [0.25, 0.3) is 10.2 Å². The first-order chi connectivity index (χ1) is 9.71. The van der Waals surface area contributed by atoms with Crippen LogP contribution in [-0.4, -0.2) is 19.7 Å². The highest BCUT2D eigenvalue weighted by molar-refractivity contribution is 7.16. The van der Waals surface area contributed by atoms with Crippen molar-refractivity contribution in [3.05, 3.63) is 34.7 Å². The van der Waals surface area contributed by atoms with Gasteiger partial charge in [-0.05, 0) is 30.4 Å². The van der Waals surface area contributed by atoms with E-state index in [1.54, 1.807) is 11.3 Å². The van der Waals surface area contributed by atoms with Crippen LogP contribution in [0.1, 0.15) is 31.1 Å². The average molecular weight is 287 g/mol. The first-order valence-electron chi connectivity index (χ1n) is 6.76. The number of hydrogen-bond donors (Lipinski definition) is 1. The fraction of sp³-hybridized carbons (Fsp3) is 0.357. The minimum atomic E-state index is 0.548. The van der Waals surface area contributed by atoms with Crippen LogP contribution in [0, 0.1) is 0 Å². The number of nitrogens with zero attached hydrogens (tertiary/aromatic N) is 4. The van der Waals surface area contributed by atoms with E-state index in [0.29, 0.717) is 12.4 Å². The molecule has 0 amide bonds. The van der Waals surface area contributed by atoms with Gasteiger partial charge in [-0.25, -0.2) is 9.97 Å². The second-order valence-corrected chi connectivity index (χ2v) is 5.55. The van der Waals surface area contributed by atoms with Crippen LogP contribution in [0.3, 0.4) is 0 Å². The van der Waals surface area contributed by atoms with E-state index in [1.807, 2.05) is 16.1 Å². The Labute approximate surface area is 121 Å². The molecule has 3 heterocycles. The number of anilines is 1. The van der Waals surface area contributed by atoms with Crippen molar-refractivity contribution in [1.82, 2.24) is 19.7 Å². The molecule has 0 unspecified atom stereocenters. The van der Waals surface area contributed by atoms with Crippen LogP contribution in [0.4, 0.5) is 5.82 Å². The molecule has 2 N–H and O–H groups in total. The SMILES string of the molecule is CCc1cc(CC)n(Cc2nc(N)c3ccsc3n2)n1. The van der Waals surface area contributed by atoms with E-state index < -0.39 is 0 Å². The van der Waals surface area contributed by atoms with Gasteiger partial charge in [0.05, 0.1) is 11.1 Å². The number of rotatable bonds is 4. The number of aromatic nitrogens is 4. The molecule has 0 saturated heterocycles. The molecule has 0 aromatic carbocycles. The second kappa shape index (κ2) is 5.20. The molecule has 0 atom stereocenters. The molecule has 0 spiro atoms. The second-order valence-electron chi connectivity index (χ2n) is 4.66. The Hall–Kier alpha value is -1.95. The zero-order valence-corrected chi connectivity index (χ0v) is 12.4. The van der Waals surface area contributed by atoms with Gasteiger partial charge in [0.15, 0.2) is 5.82 Å². The minimum absolute atomic E-state index is 0.548. The zero-order valence-electron chi connectivity index (χ0n) is 11.6. The van der Waals surface area contributed by atoms with Gasteiger partial charge >= 0.3 is 0 Å². The van der Waals surface area contributed by atoms with Crippen molar-refractivity contribution in [2.75, 3.05) is 5.73 Å². The predicted molar refractivity (Wildman–Crippen MR) is 81.9 cm³/mol. The number of fused-ring (bicyclic) bond motifs is 1. The van der Waals surface area contributed by atoms with Crippen LogP contribution in [0.5, 0.6) is 0 Å². The summed E-state index contributed by atoms with van der Waals surface area (Å²) in [5, 5.41) is 7.51. The summed E-state index contributed by atoms with van der Waals surface area (Å²) < 4.78 is 1.98. The van der Waals surface area contributed by atoms with Crippen molar-refractivity contribution >= 4 is 27.4 Å². The van der Waals surface area contributed by atoms with Gasteiger partial charge in [-0.2, -0.15) is 5.10 Å². The molecule has 104 valence electrons. The summed E-state index contributed by atoms with van der Waals surface area (Å²) in [6, 6.07) is 4.10. The van der Waals surface area contributed by atoms with Gasteiger partial charge in [-0.15, -0.1) is 11.3 Å². The van der Waals surface area contributed by atoms with Gasteiger partial charge in [-0.1, -0.05) is 13.8 Å². The van der Waals surface area contributed by atoms with Crippen LogP contribution in [0.2, 0.25) is 0 Å². The molecule has 3 rings (SSSR count). The monoisotopic (exact) mass is 287 g/mol. The van der Waals surface area contributed by atoms with E-state index >= 15 is 0 Å². The van der Waals surface area contributed by atoms with E-state index in [2.05, 4.69) is 35.0 Å². The fourth-order valence-electron chi connectivity index (χ4n) is 2.24. The lowest BCUT2D eigenvalue weighted by Gasteiger charge is -2.06. The summed E-state index contributed by atoms with van der Waals surface area (Å²) in [7, 11) is 0. The number of aryl methyl sites for hydroxylation is 2. The molecule has 0 fully saturated rings. The Morgan fingerprint density at radius 2 is 2.10 bits per heavy atom. The Morgan fingerprint density at radius 3 is 2.85 bits per heavy atom. The van der Waals surface area contributed by atoms with Crippen molar-refractivity contribution in [3.8, 4) is 0 Å². The summed E-state index contributed by atoms with van der Waals surface area (Å²) in [5.74, 6) is 1.27.